The minimum Gasteiger partial charge on any atom is -0.365 e. The zero-order valence-corrected chi connectivity index (χ0v) is 5.82. The van der Waals surface area contributed by atoms with Crippen LogP contribution in [0.4, 0.5) is 0 Å². The smallest absolute Gasteiger partial charge is 0.110 e. The Kier molecular flexibility index (Phi) is 1.21. The molecule has 1 aromatic heterocycles. The maximum atomic E-state index is 5.26. The van der Waals surface area contributed by atoms with Crippen molar-refractivity contribution in [3.05, 3.63) is 30.1 Å². The number of ether oxygens (including phenoxy) is 1. The lowest BCUT2D eigenvalue weighted by Crippen LogP contribution is -1.83. The van der Waals surface area contributed by atoms with Gasteiger partial charge in [-0.1, -0.05) is 6.07 Å². The Balaban J connectivity index is 2.20. The molecule has 2 unspecified atom stereocenters. The van der Waals surface area contributed by atoms with Crippen molar-refractivity contribution in [2.24, 2.45) is 0 Å². The number of aromatic nitrogens is 1. The average Bonchev–Trinajstić information content (AvgIpc) is 2.69. The Hall–Kier alpha value is -0.890. The predicted molar refractivity (Wildman–Crippen MR) is 37.5 cm³/mol. The highest BCUT2D eigenvalue weighted by Crippen LogP contribution is 2.37. The van der Waals surface area contributed by atoms with Gasteiger partial charge in [-0.25, -0.2) is 0 Å². The molecule has 0 aromatic carbocycles. The molecule has 2 nitrogen and oxygen atoms in total. The molecule has 0 saturated carbocycles. The van der Waals surface area contributed by atoms with Gasteiger partial charge in [-0.3, -0.25) is 4.98 Å². The predicted octanol–water partition coefficient (Wildman–Crippen LogP) is 1.54. The molecule has 0 bridgehead atoms. The van der Waals surface area contributed by atoms with Crippen molar-refractivity contribution < 1.29 is 4.74 Å². The molecule has 2 rings (SSSR count). The number of pyridine rings is 1. The average molecular weight is 135 g/mol. The molecule has 0 radical (unpaired) electrons. The standard InChI is InChI=1S/C8H9NO/c1-6-8(10-6)7-3-2-4-9-5-7/h2-6,8H,1H3. The van der Waals surface area contributed by atoms with Crippen molar-refractivity contribution in [3.8, 4) is 0 Å². The molecule has 52 valence electrons. The second-order valence-electron chi connectivity index (χ2n) is 2.55. The Morgan fingerprint density at radius 2 is 2.40 bits per heavy atom. The summed E-state index contributed by atoms with van der Waals surface area (Å²) in [7, 11) is 0. The number of rotatable bonds is 1. The summed E-state index contributed by atoms with van der Waals surface area (Å²) in [5.41, 5.74) is 1.19. The summed E-state index contributed by atoms with van der Waals surface area (Å²) in [5, 5.41) is 0. The Morgan fingerprint density at radius 3 is 2.90 bits per heavy atom. The largest absolute Gasteiger partial charge is 0.365 e. The molecule has 0 N–H and O–H groups in total. The lowest BCUT2D eigenvalue weighted by molar-refractivity contribution is 0.383. The first kappa shape index (κ1) is 5.86. The van der Waals surface area contributed by atoms with Crippen molar-refractivity contribution in [1.29, 1.82) is 0 Å². The summed E-state index contributed by atoms with van der Waals surface area (Å²) in [6.07, 6.45) is 4.34. The molecular formula is C8H9NO. The van der Waals surface area contributed by atoms with Crippen LogP contribution in [0.15, 0.2) is 24.5 Å². The van der Waals surface area contributed by atoms with Gasteiger partial charge in [-0.05, 0) is 13.0 Å². The van der Waals surface area contributed by atoms with Gasteiger partial charge >= 0.3 is 0 Å². The first-order valence-corrected chi connectivity index (χ1v) is 3.43. The minimum atomic E-state index is 0.314. The molecule has 2 atom stereocenters. The Bertz CT molecular complexity index is 222. The highest BCUT2D eigenvalue weighted by atomic mass is 16.6. The van der Waals surface area contributed by atoms with Crippen molar-refractivity contribution in [2.45, 2.75) is 19.1 Å². The van der Waals surface area contributed by atoms with E-state index in [-0.39, 0.29) is 0 Å². The summed E-state index contributed by atoms with van der Waals surface area (Å²) >= 11 is 0. The van der Waals surface area contributed by atoms with E-state index in [9.17, 15) is 0 Å². The number of nitrogens with zero attached hydrogens (tertiary/aromatic N) is 1. The maximum absolute atomic E-state index is 5.26. The Morgan fingerprint density at radius 1 is 1.60 bits per heavy atom. The van der Waals surface area contributed by atoms with E-state index in [4.69, 9.17) is 4.74 Å². The van der Waals surface area contributed by atoms with Gasteiger partial charge in [0.15, 0.2) is 0 Å². The molecule has 1 aliphatic rings. The summed E-state index contributed by atoms with van der Waals surface area (Å²) in [4.78, 5) is 4.00. The zero-order chi connectivity index (χ0) is 6.97. The lowest BCUT2D eigenvalue weighted by atomic mass is 10.2. The summed E-state index contributed by atoms with van der Waals surface area (Å²) in [6.45, 7) is 2.07. The van der Waals surface area contributed by atoms with E-state index in [1.54, 1.807) is 6.20 Å². The second-order valence-corrected chi connectivity index (χ2v) is 2.55. The van der Waals surface area contributed by atoms with Crippen LogP contribution in [0, 0.1) is 0 Å². The fourth-order valence-corrected chi connectivity index (χ4v) is 1.08. The van der Waals surface area contributed by atoms with Crippen molar-refractivity contribution in [1.82, 2.24) is 4.98 Å². The highest BCUT2D eigenvalue weighted by Gasteiger charge is 2.35. The maximum Gasteiger partial charge on any atom is 0.110 e. The zero-order valence-electron chi connectivity index (χ0n) is 5.82. The quantitative estimate of drug-likeness (QED) is 0.546. The van der Waals surface area contributed by atoms with E-state index in [1.165, 1.54) is 5.56 Å². The normalized spacial score (nSPS) is 30.1. The van der Waals surface area contributed by atoms with Crippen molar-refractivity contribution in [3.63, 3.8) is 0 Å². The SMILES string of the molecule is CC1OC1c1cccnc1. The molecule has 10 heavy (non-hydrogen) atoms. The number of hydrogen-bond acceptors (Lipinski definition) is 2. The molecule has 0 aliphatic carbocycles. The van der Waals surface area contributed by atoms with Gasteiger partial charge in [-0.15, -0.1) is 0 Å². The van der Waals surface area contributed by atoms with Crippen LogP contribution in [0.3, 0.4) is 0 Å². The first-order chi connectivity index (χ1) is 4.88. The van der Waals surface area contributed by atoms with E-state index in [0.717, 1.165) is 0 Å². The van der Waals surface area contributed by atoms with Crippen LogP contribution in [0.1, 0.15) is 18.6 Å². The Labute approximate surface area is 59.9 Å². The van der Waals surface area contributed by atoms with E-state index in [0.29, 0.717) is 12.2 Å². The number of epoxide rings is 1. The third kappa shape index (κ3) is 0.907. The van der Waals surface area contributed by atoms with E-state index in [2.05, 4.69) is 11.9 Å². The first-order valence-electron chi connectivity index (χ1n) is 3.43. The molecule has 1 fully saturated rings. The lowest BCUT2D eigenvalue weighted by Gasteiger charge is -1.90. The minimum absolute atomic E-state index is 0.314. The molecule has 2 heterocycles. The van der Waals surface area contributed by atoms with Gasteiger partial charge in [0, 0.05) is 18.0 Å². The fraction of sp³-hybridized carbons (Fsp3) is 0.375. The van der Waals surface area contributed by atoms with Gasteiger partial charge in [-0.2, -0.15) is 0 Å². The van der Waals surface area contributed by atoms with Crippen molar-refractivity contribution in [2.75, 3.05) is 0 Å². The molecule has 2 heteroatoms. The fourth-order valence-electron chi connectivity index (χ4n) is 1.08. The van der Waals surface area contributed by atoms with E-state index in [1.807, 2.05) is 18.3 Å². The van der Waals surface area contributed by atoms with Gasteiger partial charge in [0.2, 0.25) is 0 Å². The van der Waals surface area contributed by atoms with Crippen LogP contribution >= 0.6 is 0 Å². The summed E-state index contributed by atoms with van der Waals surface area (Å²) in [5.74, 6) is 0. The summed E-state index contributed by atoms with van der Waals surface area (Å²) < 4.78 is 5.26. The van der Waals surface area contributed by atoms with Crippen molar-refractivity contribution >= 4 is 0 Å². The molecular weight excluding hydrogens is 126 g/mol. The van der Waals surface area contributed by atoms with E-state index < -0.39 is 0 Å². The molecule has 1 aromatic rings. The molecule has 0 spiro atoms. The summed E-state index contributed by atoms with van der Waals surface area (Å²) in [6, 6.07) is 3.98. The monoisotopic (exact) mass is 135 g/mol. The topological polar surface area (TPSA) is 25.4 Å². The third-order valence-corrected chi connectivity index (χ3v) is 1.72. The highest BCUT2D eigenvalue weighted by molar-refractivity contribution is 5.17. The van der Waals surface area contributed by atoms with Crippen LogP contribution in [0.5, 0.6) is 0 Å². The second kappa shape index (κ2) is 2.06. The van der Waals surface area contributed by atoms with Crippen LogP contribution in [-0.2, 0) is 4.74 Å². The van der Waals surface area contributed by atoms with Crippen LogP contribution < -0.4 is 0 Å². The third-order valence-electron chi connectivity index (χ3n) is 1.72. The van der Waals surface area contributed by atoms with Crippen LogP contribution in [0.2, 0.25) is 0 Å². The van der Waals surface area contributed by atoms with E-state index >= 15 is 0 Å². The van der Waals surface area contributed by atoms with Gasteiger partial charge in [0.05, 0.1) is 6.10 Å². The van der Waals surface area contributed by atoms with Crippen LogP contribution in [0.25, 0.3) is 0 Å². The molecule has 1 saturated heterocycles. The molecule has 0 amide bonds. The number of hydrogen-bond donors (Lipinski definition) is 0. The van der Waals surface area contributed by atoms with Gasteiger partial charge in [0.25, 0.3) is 0 Å². The van der Waals surface area contributed by atoms with Gasteiger partial charge in [0.1, 0.15) is 6.10 Å². The van der Waals surface area contributed by atoms with Gasteiger partial charge < -0.3 is 4.74 Å². The molecule has 1 aliphatic heterocycles. The van der Waals surface area contributed by atoms with Crippen LogP contribution in [-0.4, -0.2) is 11.1 Å².